The van der Waals surface area contributed by atoms with E-state index >= 15 is 0 Å². The lowest BCUT2D eigenvalue weighted by atomic mass is 10.2. The number of aromatic nitrogens is 3. The lowest BCUT2D eigenvalue weighted by molar-refractivity contribution is 0.324. The average Bonchev–Trinajstić information content (AvgIpc) is 2.77. The van der Waals surface area contributed by atoms with Gasteiger partial charge in [-0.1, -0.05) is 18.5 Å². The Morgan fingerprint density at radius 3 is 2.20 bits per heavy atom. The maximum atomic E-state index is 6.03. The number of nitrogens with zero attached hydrogens (tertiary/aromatic N) is 4. The van der Waals surface area contributed by atoms with Crippen molar-refractivity contribution < 1.29 is 14.2 Å². The summed E-state index contributed by atoms with van der Waals surface area (Å²) in [6.45, 7) is 2.84. The Hall–Kier alpha value is -3.26. The SMILES string of the molecule is CCCN(c1ccc(Cl)cc1)c1ncnc(Nc2cc(OC)c(OC)c(OC)c2)n1. The molecule has 0 aliphatic rings. The number of hydrogen-bond donors (Lipinski definition) is 1. The van der Waals surface area contributed by atoms with E-state index in [1.165, 1.54) is 6.33 Å². The van der Waals surface area contributed by atoms with Crippen LogP contribution in [0.3, 0.4) is 0 Å². The van der Waals surface area contributed by atoms with Gasteiger partial charge in [0, 0.05) is 35.1 Å². The number of methoxy groups -OCH3 is 3. The summed E-state index contributed by atoms with van der Waals surface area (Å²) in [6.07, 6.45) is 2.39. The van der Waals surface area contributed by atoms with E-state index in [9.17, 15) is 0 Å². The first-order chi connectivity index (χ1) is 14.6. The molecule has 8 nitrogen and oxygen atoms in total. The van der Waals surface area contributed by atoms with Crippen molar-refractivity contribution in [3.8, 4) is 17.2 Å². The summed E-state index contributed by atoms with van der Waals surface area (Å²) < 4.78 is 16.2. The molecular weight excluding hydrogens is 406 g/mol. The van der Waals surface area contributed by atoms with Crippen molar-refractivity contribution in [2.45, 2.75) is 13.3 Å². The molecule has 0 aliphatic carbocycles. The molecule has 0 radical (unpaired) electrons. The molecule has 0 aliphatic heterocycles. The highest BCUT2D eigenvalue weighted by Crippen LogP contribution is 2.40. The molecule has 30 heavy (non-hydrogen) atoms. The van der Waals surface area contributed by atoms with E-state index in [4.69, 9.17) is 25.8 Å². The third kappa shape index (κ3) is 4.83. The number of benzene rings is 2. The Balaban J connectivity index is 1.92. The van der Waals surface area contributed by atoms with Crippen molar-refractivity contribution in [2.24, 2.45) is 0 Å². The largest absolute Gasteiger partial charge is 0.493 e. The van der Waals surface area contributed by atoms with Crippen LogP contribution < -0.4 is 24.4 Å². The van der Waals surface area contributed by atoms with Crippen LogP contribution in [-0.4, -0.2) is 42.8 Å². The highest BCUT2D eigenvalue weighted by atomic mass is 35.5. The van der Waals surface area contributed by atoms with Gasteiger partial charge in [-0.25, -0.2) is 9.97 Å². The highest BCUT2D eigenvalue weighted by Gasteiger charge is 2.16. The fourth-order valence-corrected chi connectivity index (χ4v) is 3.08. The van der Waals surface area contributed by atoms with Gasteiger partial charge in [0.2, 0.25) is 17.6 Å². The monoisotopic (exact) mass is 429 g/mol. The number of ether oxygens (including phenoxy) is 3. The predicted octanol–water partition coefficient (Wildman–Crippen LogP) is 4.84. The van der Waals surface area contributed by atoms with Crippen molar-refractivity contribution in [1.29, 1.82) is 0 Å². The van der Waals surface area contributed by atoms with E-state index in [2.05, 4.69) is 27.2 Å². The van der Waals surface area contributed by atoms with Gasteiger partial charge < -0.3 is 24.4 Å². The minimum Gasteiger partial charge on any atom is -0.493 e. The second-order valence-electron chi connectivity index (χ2n) is 6.28. The summed E-state index contributed by atoms with van der Waals surface area (Å²) in [5.74, 6) is 2.50. The summed E-state index contributed by atoms with van der Waals surface area (Å²) >= 11 is 6.03. The van der Waals surface area contributed by atoms with Crippen molar-refractivity contribution >= 4 is 34.9 Å². The van der Waals surface area contributed by atoms with Crippen LogP contribution in [0.5, 0.6) is 17.2 Å². The van der Waals surface area contributed by atoms with Gasteiger partial charge in [-0.2, -0.15) is 4.98 Å². The standard InChI is InChI=1S/C21H24ClN5O3/c1-5-10-27(16-8-6-14(22)7-9-16)21-24-13-23-20(26-21)25-15-11-17(28-2)19(30-4)18(12-15)29-3/h6-9,11-13H,5,10H2,1-4H3,(H,23,24,25,26). The Bertz CT molecular complexity index is 960. The molecule has 0 atom stereocenters. The zero-order valence-electron chi connectivity index (χ0n) is 17.3. The molecule has 3 aromatic rings. The van der Waals surface area contributed by atoms with Gasteiger partial charge in [-0.3, -0.25) is 0 Å². The predicted molar refractivity (Wildman–Crippen MR) is 118 cm³/mol. The number of anilines is 4. The van der Waals surface area contributed by atoms with Crippen molar-refractivity contribution in [3.05, 3.63) is 47.7 Å². The molecule has 1 heterocycles. The van der Waals surface area contributed by atoms with Crippen LogP contribution in [0.15, 0.2) is 42.7 Å². The summed E-state index contributed by atoms with van der Waals surface area (Å²) in [5, 5.41) is 3.85. The minimum atomic E-state index is 0.393. The second kappa shape index (κ2) is 9.98. The van der Waals surface area contributed by atoms with E-state index in [1.807, 2.05) is 29.2 Å². The first-order valence-electron chi connectivity index (χ1n) is 9.38. The van der Waals surface area contributed by atoms with Gasteiger partial charge in [0.1, 0.15) is 6.33 Å². The molecule has 158 valence electrons. The lowest BCUT2D eigenvalue weighted by Crippen LogP contribution is -2.21. The molecule has 1 N–H and O–H groups in total. The maximum Gasteiger partial charge on any atom is 0.234 e. The third-order valence-corrected chi connectivity index (χ3v) is 4.56. The van der Waals surface area contributed by atoms with Gasteiger partial charge in [-0.15, -0.1) is 0 Å². The molecule has 0 saturated heterocycles. The molecule has 3 rings (SSSR count). The Morgan fingerprint density at radius 2 is 1.63 bits per heavy atom. The average molecular weight is 430 g/mol. The Labute approximate surface area is 180 Å². The minimum absolute atomic E-state index is 0.393. The van der Waals surface area contributed by atoms with Gasteiger partial charge in [-0.05, 0) is 30.7 Å². The van der Waals surface area contributed by atoms with Crippen LogP contribution in [-0.2, 0) is 0 Å². The topological polar surface area (TPSA) is 81.6 Å². The van der Waals surface area contributed by atoms with Gasteiger partial charge in [0.15, 0.2) is 11.5 Å². The van der Waals surface area contributed by atoms with Gasteiger partial charge >= 0.3 is 0 Å². The Morgan fingerprint density at radius 1 is 0.967 bits per heavy atom. The van der Waals surface area contributed by atoms with Crippen LogP contribution in [0.25, 0.3) is 0 Å². The Kier molecular flexibility index (Phi) is 7.13. The van der Waals surface area contributed by atoms with E-state index < -0.39 is 0 Å². The van der Waals surface area contributed by atoms with E-state index in [0.717, 1.165) is 18.7 Å². The first-order valence-corrected chi connectivity index (χ1v) is 9.76. The number of rotatable bonds is 9. The van der Waals surface area contributed by atoms with Crippen LogP contribution in [0, 0.1) is 0 Å². The quantitative estimate of drug-likeness (QED) is 0.517. The summed E-state index contributed by atoms with van der Waals surface area (Å²) in [7, 11) is 4.69. The van der Waals surface area contributed by atoms with Gasteiger partial charge in [0.05, 0.1) is 21.3 Å². The molecule has 0 spiro atoms. The zero-order chi connectivity index (χ0) is 21.5. The van der Waals surface area contributed by atoms with E-state index in [0.29, 0.717) is 39.9 Å². The van der Waals surface area contributed by atoms with Crippen molar-refractivity contribution in [3.63, 3.8) is 0 Å². The summed E-state index contributed by atoms with van der Waals surface area (Å²) in [6, 6.07) is 11.1. The fourth-order valence-electron chi connectivity index (χ4n) is 2.95. The maximum absolute atomic E-state index is 6.03. The summed E-state index contributed by atoms with van der Waals surface area (Å²) in [4.78, 5) is 15.2. The zero-order valence-corrected chi connectivity index (χ0v) is 18.1. The van der Waals surface area contributed by atoms with E-state index in [-0.39, 0.29) is 0 Å². The molecule has 0 amide bonds. The van der Waals surface area contributed by atoms with Gasteiger partial charge in [0.25, 0.3) is 0 Å². The molecular formula is C21H24ClN5O3. The van der Waals surface area contributed by atoms with Crippen LogP contribution >= 0.6 is 11.6 Å². The van der Waals surface area contributed by atoms with Crippen molar-refractivity contribution in [2.75, 3.05) is 38.1 Å². The number of nitrogens with one attached hydrogen (secondary N) is 1. The molecule has 0 unspecified atom stereocenters. The lowest BCUT2D eigenvalue weighted by Gasteiger charge is -2.22. The van der Waals surface area contributed by atoms with Crippen LogP contribution in [0.2, 0.25) is 5.02 Å². The third-order valence-electron chi connectivity index (χ3n) is 4.31. The fraction of sp³-hybridized carbons (Fsp3) is 0.286. The molecule has 0 saturated carbocycles. The number of halogens is 1. The first kappa shape index (κ1) is 21.4. The number of hydrogen-bond acceptors (Lipinski definition) is 8. The smallest absolute Gasteiger partial charge is 0.234 e. The molecule has 9 heteroatoms. The normalized spacial score (nSPS) is 10.4. The van der Waals surface area contributed by atoms with Crippen molar-refractivity contribution in [1.82, 2.24) is 15.0 Å². The molecule has 0 fully saturated rings. The van der Waals surface area contributed by atoms with E-state index in [1.54, 1.807) is 33.5 Å². The summed E-state index contributed by atoms with van der Waals surface area (Å²) in [5.41, 5.74) is 1.64. The molecule has 0 bridgehead atoms. The second-order valence-corrected chi connectivity index (χ2v) is 6.71. The van der Waals surface area contributed by atoms with Crippen LogP contribution in [0.1, 0.15) is 13.3 Å². The molecule has 1 aromatic heterocycles. The molecule has 2 aromatic carbocycles. The highest BCUT2D eigenvalue weighted by molar-refractivity contribution is 6.30. The van der Waals surface area contributed by atoms with Crippen LogP contribution in [0.4, 0.5) is 23.3 Å².